The summed E-state index contributed by atoms with van der Waals surface area (Å²) in [5, 5.41) is 0. The van der Waals surface area contributed by atoms with Crippen LogP contribution < -0.4 is 0 Å². The number of halogens is 1. The second-order valence-corrected chi connectivity index (χ2v) is 8.47. The maximum atomic E-state index is 12.9. The van der Waals surface area contributed by atoms with Crippen LogP contribution in [0.5, 0.6) is 0 Å². The monoisotopic (exact) mass is 397 g/mol. The van der Waals surface area contributed by atoms with Crippen LogP contribution >= 0.6 is 22.9 Å². The number of rotatable bonds is 5. The first kappa shape index (κ1) is 18.2. The fourth-order valence-electron chi connectivity index (χ4n) is 3.41. The normalized spacial score (nSPS) is 16.7. The molecule has 2 heterocycles. The molecule has 0 saturated heterocycles. The van der Waals surface area contributed by atoms with Crippen molar-refractivity contribution in [1.82, 2.24) is 4.90 Å². The van der Waals surface area contributed by atoms with Crippen molar-refractivity contribution in [3.05, 3.63) is 92.6 Å². The SMILES string of the molecule is O=C(OCc1ccccc1)C1Cc2sc(Cl)cc2CN1Cc1ccccc1. The number of benzene rings is 2. The van der Waals surface area contributed by atoms with Gasteiger partial charge in [-0.15, -0.1) is 11.3 Å². The molecule has 1 aromatic heterocycles. The van der Waals surface area contributed by atoms with Crippen LogP contribution in [0.25, 0.3) is 0 Å². The van der Waals surface area contributed by atoms with Gasteiger partial charge in [0.25, 0.3) is 0 Å². The predicted octanol–water partition coefficient (Wildman–Crippen LogP) is 5.07. The average molecular weight is 398 g/mol. The van der Waals surface area contributed by atoms with Gasteiger partial charge in [-0.3, -0.25) is 9.69 Å². The van der Waals surface area contributed by atoms with Gasteiger partial charge in [-0.1, -0.05) is 72.3 Å². The summed E-state index contributed by atoms with van der Waals surface area (Å²) in [6.07, 6.45) is 0.646. The van der Waals surface area contributed by atoms with E-state index in [2.05, 4.69) is 17.0 Å². The van der Waals surface area contributed by atoms with Crippen molar-refractivity contribution in [2.45, 2.75) is 32.2 Å². The minimum absolute atomic E-state index is 0.176. The molecule has 1 atom stereocenters. The molecule has 138 valence electrons. The molecule has 0 aliphatic carbocycles. The van der Waals surface area contributed by atoms with Crippen molar-refractivity contribution >= 4 is 28.9 Å². The van der Waals surface area contributed by atoms with Gasteiger partial charge in [-0.25, -0.2) is 0 Å². The first-order valence-corrected chi connectivity index (χ1v) is 10.1. The Balaban J connectivity index is 1.52. The second kappa shape index (κ2) is 8.26. The number of nitrogens with zero attached hydrogens (tertiary/aromatic N) is 1. The topological polar surface area (TPSA) is 29.5 Å². The second-order valence-electron chi connectivity index (χ2n) is 6.70. The lowest BCUT2D eigenvalue weighted by atomic mass is 10.0. The van der Waals surface area contributed by atoms with Crippen LogP contribution in [0.3, 0.4) is 0 Å². The van der Waals surface area contributed by atoms with Gasteiger partial charge >= 0.3 is 5.97 Å². The zero-order chi connectivity index (χ0) is 18.6. The molecule has 1 aliphatic heterocycles. The van der Waals surface area contributed by atoms with Crippen molar-refractivity contribution in [1.29, 1.82) is 0 Å². The summed E-state index contributed by atoms with van der Waals surface area (Å²) in [7, 11) is 0. The third kappa shape index (κ3) is 4.41. The maximum absolute atomic E-state index is 12.9. The molecule has 3 nitrogen and oxygen atoms in total. The van der Waals surface area contributed by atoms with E-state index < -0.39 is 0 Å². The highest BCUT2D eigenvalue weighted by Gasteiger charge is 2.34. The summed E-state index contributed by atoms with van der Waals surface area (Å²) in [5.41, 5.74) is 3.40. The van der Waals surface area contributed by atoms with Gasteiger partial charge in [-0.2, -0.15) is 0 Å². The molecule has 0 bridgehead atoms. The molecular weight excluding hydrogens is 378 g/mol. The number of hydrogen-bond acceptors (Lipinski definition) is 4. The first-order valence-electron chi connectivity index (χ1n) is 8.94. The quantitative estimate of drug-likeness (QED) is 0.563. The Kier molecular flexibility index (Phi) is 5.58. The van der Waals surface area contributed by atoms with Gasteiger partial charge in [0.05, 0.1) is 4.34 Å². The van der Waals surface area contributed by atoms with Crippen LogP contribution in [0.15, 0.2) is 66.7 Å². The Morgan fingerprint density at radius 3 is 2.44 bits per heavy atom. The van der Waals surface area contributed by atoms with Crippen LogP contribution in [0, 0.1) is 0 Å². The number of thiophene rings is 1. The lowest BCUT2D eigenvalue weighted by Gasteiger charge is -2.34. The largest absolute Gasteiger partial charge is 0.460 e. The van der Waals surface area contributed by atoms with E-state index >= 15 is 0 Å². The summed E-state index contributed by atoms with van der Waals surface area (Å²) in [6, 6.07) is 21.7. The summed E-state index contributed by atoms with van der Waals surface area (Å²) in [5.74, 6) is -0.176. The Bertz CT molecular complexity index is 911. The van der Waals surface area contributed by atoms with E-state index in [0.717, 1.165) is 9.90 Å². The highest BCUT2D eigenvalue weighted by Crippen LogP contribution is 2.34. The molecular formula is C22H20ClNO2S. The van der Waals surface area contributed by atoms with Crippen LogP contribution in [-0.4, -0.2) is 16.9 Å². The Morgan fingerprint density at radius 1 is 1.07 bits per heavy atom. The van der Waals surface area contributed by atoms with Crippen LogP contribution in [0.1, 0.15) is 21.6 Å². The van der Waals surface area contributed by atoms with Gasteiger partial charge in [0.2, 0.25) is 0 Å². The minimum Gasteiger partial charge on any atom is -0.460 e. The van der Waals surface area contributed by atoms with E-state index in [1.807, 2.05) is 54.6 Å². The minimum atomic E-state index is -0.295. The highest BCUT2D eigenvalue weighted by molar-refractivity contribution is 7.16. The lowest BCUT2D eigenvalue weighted by molar-refractivity contribution is -0.152. The molecule has 0 spiro atoms. The van der Waals surface area contributed by atoms with E-state index in [-0.39, 0.29) is 12.0 Å². The summed E-state index contributed by atoms with van der Waals surface area (Å²) in [4.78, 5) is 16.3. The molecule has 27 heavy (non-hydrogen) atoms. The number of hydrogen-bond donors (Lipinski definition) is 0. The number of esters is 1. The van der Waals surface area contributed by atoms with Gasteiger partial charge in [0.1, 0.15) is 12.6 Å². The molecule has 2 aromatic carbocycles. The van der Waals surface area contributed by atoms with Gasteiger partial charge < -0.3 is 4.74 Å². The summed E-state index contributed by atoms with van der Waals surface area (Å²) >= 11 is 7.78. The number of ether oxygens (including phenoxy) is 1. The van der Waals surface area contributed by atoms with E-state index in [4.69, 9.17) is 16.3 Å². The molecule has 0 fully saturated rings. The Labute approximate surface area is 168 Å². The number of carbonyl (C=O) groups is 1. The molecule has 5 heteroatoms. The van der Waals surface area contributed by atoms with Crippen LogP contribution in [0.2, 0.25) is 4.34 Å². The van der Waals surface area contributed by atoms with Crippen molar-refractivity contribution in [3.63, 3.8) is 0 Å². The fraction of sp³-hybridized carbons (Fsp3) is 0.227. The van der Waals surface area contributed by atoms with Crippen molar-refractivity contribution in [2.24, 2.45) is 0 Å². The summed E-state index contributed by atoms with van der Waals surface area (Å²) in [6.45, 7) is 1.71. The number of carbonyl (C=O) groups excluding carboxylic acids is 1. The third-order valence-electron chi connectivity index (χ3n) is 4.78. The van der Waals surface area contributed by atoms with Crippen molar-refractivity contribution in [3.8, 4) is 0 Å². The zero-order valence-electron chi connectivity index (χ0n) is 14.8. The molecule has 1 unspecified atom stereocenters. The van der Waals surface area contributed by atoms with Gasteiger partial charge in [0, 0.05) is 24.4 Å². The standard InChI is InChI=1S/C22H20ClNO2S/c23-21-11-18-14-24(13-16-7-3-1-4-8-16)19(12-20(18)27-21)22(25)26-15-17-9-5-2-6-10-17/h1-11,19H,12-15H2. The molecule has 0 saturated carbocycles. The van der Waals surface area contributed by atoms with Crippen molar-refractivity contribution in [2.75, 3.05) is 0 Å². The van der Waals surface area contributed by atoms with E-state index in [1.165, 1.54) is 16.0 Å². The fourth-order valence-corrected chi connectivity index (χ4v) is 4.76. The van der Waals surface area contributed by atoms with E-state index in [9.17, 15) is 4.79 Å². The summed E-state index contributed by atoms with van der Waals surface area (Å²) < 4.78 is 6.42. The molecule has 1 aliphatic rings. The predicted molar refractivity (Wildman–Crippen MR) is 109 cm³/mol. The molecule has 0 N–H and O–H groups in total. The van der Waals surface area contributed by atoms with E-state index in [1.54, 1.807) is 11.3 Å². The highest BCUT2D eigenvalue weighted by atomic mass is 35.5. The third-order valence-corrected chi connectivity index (χ3v) is 6.11. The van der Waals surface area contributed by atoms with Crippen LogP contribution in [-0.2, 0) is 35.6 Å². The first-order chi connectivity index (χ1) is 13.2. The Morgan fingerprint density at radius 2 is 1.74 bits per heavy atom. The molecule has 4 rings (SSSR count). The molecule has 3 aromatic rings. The molecule has 0 radical (unpaired) electrons. The van der Waals surface area contributed by atoms with Crippen molar-refractivity contribution < 1.29 is 9.53 Å². The van der Waals surface area contributed by atoms with Crippen LogP contribution in [0.4, 0.5) is 0 Å². The van der Waals surface area contributed by atoms with Gasteiger partial charge in [-0.05, 0) is 22.8 Å². The zero-order valence-corrected chi connectivity index (χ0v) is 16.4. The average Bonchev–Trinajstić information content (AvgIpc) is 3.06. The van der Waals surface area contributed by atoms with E-state index in [0.29, 0.717) is 26.1 Å². The maximum Gasteiger partial charge on any atom is 0.324 e. The Hall–Kier alpha value is -2.14. The number of fused-ring (bicyclic) bond motifs is 1. The molecule has 0 amide bonds. The smallest absolute Gasteiger partial charge is 0.324 e. The van der Waals surface area contributed by atoms with Gasteiger partial charge in [0.15, 0.2) is 0 Å². The lowest BCUT2D eigenvalue weighted by Crippen LogP contribution is -2.45.